The molecule has 6 nitrogen and oxygen atoms in total. The van der Waals surface area contributed by atoms with E-state index in [-0.39, 0.29) is 5.91 Å². The zero-order valence-electron chi connectivity index (χ0n) is 18.0. The third-order valence-electron chi connectivity index (χ3n) is 7.81. The molecule has 0 aliphatic carbocycles. The van der Waals surface area contributed by atoms with Crippen molar-refractivity contribution in [1.29, 1.82) is 0 Å². The number of piperidine rings is 4. The van der Waals surface area contributed by atoms with Crippen LogP contribution >= 0.6 is 0 Å². The lowest BCUT2D eigenvalue weighted by Crippen LogP contribution is -2.62. The lowest BCUT2D eigenvalue weighted by atomic mass is 9.75. The molecule has 4 aliphatic rings. The summed E-state index contributed by atoms with van der Waals surface area (Å²) in [6.45, 7) is 4.80. The molecule has 6 heteroatoms. The average molecular weight is 412 g/mol. The Hall–Kier alpha value is -2.08. The van der Waals surface area contributed by atoms with E-state index in [1.807, 2.05) is 29.2 Å². The molecule has 0 unspecified atom stereocenters. The van der Waals surface area contributed by atoms with Gasteiger partial charge in [0, 0.05) is 51.2 Å². The molecule has 3 atom stereocenters. The number of carbonyl (C=O) groups excluding carboxylic acids is 2. The van der Waals surface area contributed by atoms with E-state index in [9.17, 15) is 9.59 Å². The van der Waals surface area contributed by atoms with Gasteiger partial charge in [-0.2, -0.15) is 0 Å². The van der Waals surface area contributed by atoms with Crippen LogP contribution in [0.25, 0.3) is 0 Å². The first-order chi connectivity index (χ1) is 14.6. The van der Waals surface area contributed by atoms with Gasteiger partial charge < -0.3 is 14.5 Å². The molecule has 0 saturated carbocycles. The summed E-state index contributed by atoms with van der Waals surface area (Å²) < 4.78 is 5.38. The van der Waals surface area contributed by atoms with Crippen LogP contribution in [0.2, 0.25) is 0 Å². The summed E-state index contributed by atoms with van der Waals surface area (Å²) in [6, 6.07) is 8.53. The molecule has 5 rings (SSSR count). The van der Waals surface area contributed by atoms with Gasteiger partial charge in [-0.05, 0) is 56.1 Å². The average Bonchev–Trinajstić information content (AvgIpc) is 2.79. The molecule has 1 aromatic carbocycles. The van der Waals surface area contributed by atoms with E-state index >= 15 is 0 Å². The summed E-state index contributed by atoms with van der Waals surface area (Å²) >= 11 is 0. The van der Waals surface area contributed by atoms with Gasteiger partial charge in [0.1, 0.15) is 5.75 Å². The van der Waals surface area contributed by atoms with E-state index in [2.05, 4.69) is 9.80 Å². The maximum absolute atomic E-state index is 13.0. The van der Waals surface area contributed by atoms with Gasteiger partial charge in [0.15, 0.2) is 0 Å². The number of amides is 2. The fourth-order valence-corrected chi connectivity index (χ4v) is 6.37. The largest absolute Gasteiger partial charge is 0.496 e. The van der Waals surface area contributed by atoms with Crippen molar-refractivity contribution in [3.05, 3.63) is 29.8 Å². The van der Waals surface area contributed by atoms with Crippen molar-refractivity contribution in [3.8, 4) is 5.75 Å². The molecule has 0 radical (unpaired) electrons. The number of hydrogen-bond donors (Lipinski definition) is 0. The number of nitrogens with zero attached hydrogens (tertiary/aromatic N) is 3. The Morgan fingerprint density at radius 1 is 1.07 bits per heavy atom. The zero-order chi connectivity index (χ0) is 20.7. The van der Waals surface area contributed by atoms with Crippen molar-refractivity contribution >= 4 is 11.8 Å². The number of rotatable bonds is 3. The van der Waals surface area contributed by atoms with Crippen LogP contribution in [-0.4, -0.2) is 78.4 Å². The number of benzene rings is 1. The number of likely N-dealkylation sites (tertiary alicyclic amines) is 2. The van der Waals surface area contributed by atoms with Crippen molar-refractivity contribution in [2.24, 2.45) is 11.8 Å². The minimum Gasteiger partial charge on any atom is -0.496 e. The first-order valence-corrected chi connectivity index (χ1v) is 11.6. The Balaban J connectivity index is 1.20. The molecule has 0 N–H and O–H groups in total. The molecule has 4 fully saturated rings. The first-order valence-electron chi connectivity index (χ1n) is 11.6. The van der Waals surface area contributed by atoms with Crippen LogP contribution in [-0.2, 0) is 4.79 Å². The Morgan fingerprint density at radius 3 is 2.67 bits per heavy atom. The molecular weight excluding hydrogens is 378 g/mol. The molecule has 162 valence electrons. The van der Waals surface area contributed by atoms with Gasteiger partial charge in [-0.3, -0.25) is 14.5 Å². The van der Waals surface area contributed by atoms with Gasteiger partial charge in [0.05, 0.1) is 12.7 Å². The summed E-state index contributed by atoms with van der Waals surface area (Å²) in [6.07, 6.45) is 6.35. The van der Waals surface area contributed by atoms with Gasteiger partial charge in [0.25, 0.3) is 5.91 Å². The Kier molecular flexibility index (Phi) is 5.44. The molecule has 1 aromatic rings. The minimum absolute atomic E-state index is 0.0813. The van der Waals surface area contributed by atoms with Crippen LogP contribution in [0.5, 0.6) is 5.75 Å². The number of hydrogen-bond acceptors (Lipinski definition) is 4. The predicted octanol–water partition coefficient (Wildman–Crippen LogP) is 2.63. The molecule has 4 aliphatic heterocycles. The fourth-order valence-electron chi connectivity index (χ4n) is 6.37. The summed E-state index contributed by atoms with van der Waals surface area (Å²) in [7, 11) is 1.62. The lowest BCUT2D eigenvalue weighted by molar-refractivity contribution is -0.145. The maximum atomic E-state index is 13.0. The highest BCUT2D eigenvalue weighted by Crippen LogP contribution is 2.39. The summed E-state index contributed by atoms with van der Waals surface area (Å²) in [5, 5.41) is 0. The second kappa shape index (κ2) is 8.22. The third kappa shape index (κ3) is 3.59. The summed E-state index contributed by atoms with van der Waals surface area (Å²) in [4.78, 5) is 32.3. The van der Waals surface area contributed by atoms with E-state index in [1.165, 1.54) is 12.8 Å². The Morgan fingerprint density at radius 2 is 1.87 bits per heavy atom. The van der Waals surface area contributed by atoms with Crippen LogP contribution in [0, 0.1) is 11.8 Å². The summed E-state index contributed by atoms with van der Waals surface area (Å²) in [5.41, 5.74) is 0.660. The number of carbonyl (C=O) groups is 2. The monoisotopic (exact) mass is 411 g/mol. The van der Waals surface area contributed by atoms with E-state index in [4.69, 9.17) is 4.74 Å². The molecule has 4 saturated heterocycles. The van der Waals surface area contributed by atoms with Gasteiger partial charge >= 0.3 is 0 Å². The van der Waals surface area contributed by atoms with Gasteiger partial charge in [-0.25, -0.2) is 0 Å². The zero-order valence-corrected chi connectivity index (χ0v) is 18.0. The van der Waals surface area contributed by atoms with Crippen LogP contribution in [0.3, 0.4) is 0 Å². The Bertz CT molecular complexity index is 805. The SMILES string of the molecule is COc1ccccc1C(=O)N1CCC(N2C[C@H]3C[C@H](C2)[C@H]2CCCC(=O)N2C3)CC1. The summed E-state index contributed by atoms with van der Waals surface area (Å²) in [5.74, 6) is 2.38. The van der Waals surface area contributed by atoms with E-state index in [0.29, 0.717) is 41.1 Å². The number of methoxy groups -OCH3 is 1. The van der Waals surface area contributed by atoms with Gasteiger partial charge in [-0.1, -0.05) is 12.1 Å². The number of ether oxygens (including phenoxy) is 1. The first kappa shape index (κ1) is 19.9. The van der Waals surface area contributed by atoms with E-state index in [1.54, 1.807) is 7.11 Å². The van der Waals surface area contributed by atoms with Gasteiger partial charge in [0.2, 0.25) is 5.91 Å². The van der Waals surface area contributed by atoms with E-state index in [0.717, 1.165) is 58.4 Å². The molecule has 30 heavy (non-hydrogen) atoms. The van der Waals surface area contributed by atoms with Crippen LogP contribution in [0.1, 0.15) is 48.9 Å². The highest BCUT2D eigenvalue weighted by Gasteiger charge is 2.45. The quantitative estimate of drug-likeness (QED) is 0.767. The third-order valence-corrected chi connectivity index (χ3v) is 7.81. The second-order valence-corrected chi connectivity index (χ2v) is 9.55. The van der Waals surface area contributed by atoms with Crippen molar-refractivity contribution in [2.75, 3.05) is 39.8 Å². The van der Waals surface area contributed by atoms with Crippen molar-refractivity contribution in [2.45, 2.75) is 50.6 Å². The molecule has 2 amide bonds. The smallest absolute Gasteiger partial charge is 0.257 e. The molecule has 4 heterocycles. The molecule has 0 aromatic heterocycles. The van der Waals surface area contributed by atoms with Crippen LogP contribution < -0.4 is 4.74 Å². The van der Waals surface area contributed by atoms with Crippen molar-refractivity contribution < 1.29 is 14.3 Å². The van der Waals surface area contributed by atoms with Crippen molar-refractivity contribution in [3.63, 3.8) is 0 Å². The van der Waals surface area contributed by atoms with Crippen LogP contribution in [0.4, 0.5) is 0 Å². The van der Waals surface area contributed by atoms with Gasteiger partial charge in [-0.15, -0.1) is 0 Å². The lowest BCUT2D eigenvalue weighted by Gasteiger charge is -2.54. The fraction of sp³-hybridized carbons (Fsp3) is 0.667. The predicted molar refractivity (Wildman–Crippen MR) is 114 cm³/mol. The molecular formula is C24H33N3O3. The number of fused-ring (bicyclic) bond motifs is 4. The second-order valence-electron chi connectivity index (χ2n) is 9.55. The number of para-hydroxylation sites is 1. The molecule has 2 bridgehead atoms. The highest BCUT2D eigenvalue weighted by molar-refractivity contribution is 5.97. The Labute approximate surface area is 179 Å². The van der Waals surface area contributed by atoms with Crippen molar-refractivity contribution in [1.82, 2.24) is 14.7 Å². The maximum Gasteiger partial charge on any atom is 0.257 e. The highest BCUT2D eigenvalue weighted by atomic mass is 16.5. The topological polar surface area (TPSA) is 53.1 Å². The standard InChI is InChI=1S/C24H33N3O3/c1-30-22-7-3-2-5-20(22)24(29)25-11-9-19(10-12-25)26-14-17-13-18(16-26)21-6-4-8-23(28)27(21)15-17/h2-3,5,7,17-19,21H,4,6,8-16H2,1H3/t17-,18-,21-/m1/s1. The normalized spacial score (nSPS) is 30.2. The van der Waals surface area contributed by atoms with Crippen LogP contribution in [0.15, 0.2) is 24.3 Å². The molecule has 0 spiro atoms. The minimum atomic E-state index is 0.0813. The van der Waals surface area contributed by atoms with E-state index < -0.39 is 0 Å².